The number of hydrogen-bond donors (Lipinski definition) is 2. The number of benzene rings is 1. The van der Waals surface area contributed by atoms with Gasteiger partial charge in [0.15, 0.2) is 6.04 Å². The molecule has 0 bridgehead atoms. The van der Waals surface area contributed by atoms with Gasteiger partial charge in [-0.25, -0.2) is 4.99 Å². The first-order chi connectivity index (χ1) is 9.02. The number of carbonyl (C=O) groups excluding carboxylic acids is 1. The minimum Gasteiger partial charge on any atom is -0.507 e. The predicted molar refractivity (Wildman–Crippen MR) is 80.4 cm³/mol. The molecule has 0 unspecified atom stereocenters. The first-order valence-electron chi connectivity index (χ1n) is 6.04. The van der Waals surface area contributed by atoms with Crippen molar-refractivity contribution in [2.24, 2.45) is 4.99 Å². The van der Waals surface area contributed by atoms with Gasteiger partial charge >= 0.3 is 0 Å². The topological polar surface area (TPSA) is 70.9 Å². The van der Waals surface area contributed by atoms with E-state index in [0.29, 0.717) is 18.0 Å². The lowest BCUT2D eigenvalue weighted by Crippen LogP contribution is -2.38. The van der Waals surface area contributed by atoms with Gasteiger partial charge in [-0.2, -0.15) is 0 Å². The highest BCUT2D eigenvalue weighted by molar-refractivity contribution is 14.1. The van der Waals surface area contributed by atoms with Crippen LogP contribution in [0.1, 0.15) is 19.4 Å². The van der Waals surface area contributed by atoms with Gasteiger partial charge in [-0.3, -0.25) is 4.79 Å². The predicted octanol–water partition coefficient (Wildman–Crippen LogP) is 1.67. The van der Waals surface area contributed by atoms with Crippen LogP contribution in [0.25, 0.3) is 0 Å². The maximum Gasteiger partial charge on any atom is 0.248 e. The second kappa shape index (κ2) is 5.77. The van der Waals surface area contributed by atoms with E-state index in [2.05, 4.69) is 32.9 Å². The number of phenolic OH excluding ortho intramolecular Hbond substituents is 1. The van der Waals surface area contributed by atoms with Crippen LogP contribution in [0.3, 0.4) is 0 Å². The van der Waals surface area contributed by atoms with Crippen molar-refractivity contribution in [2.75, 3.05) is 6.54 Å². The van der Waals surface area contributed by atoms with E-state index in [4.69, 9.17) is 4.74 Å². The first-order valence-corrected chi connectivity index (χ1v) is 7.12. The minimum atomic E-state index is -0.561. The molecule has 0 spiro atoms. The Morgan fingerprint density at radius 2 is 2.32 bits per heavy atom. The van der Waals surface area contributed by atoms with Gasteiger partial charge in [0.05, 0.1) is 5.56 Å². The fraction of sp³-hybridized carbons (Fsp3) is 0.385. The Hall–Kier alpha value is -1.31. The number of nitrogens with zero attached hydrogens (tertiary/aromatic N) is 1. The number of hydrogen-bond acceptors (Lipinski definition) is 4. The van der Waals surface area contributed by atoms with Crippen LogP contribution in [-0.4, -0.2) is 35.6 Å². The fourth-order valence-corrected chi connectivity index (χ4v) is 2.35. The zero-order valence-electron chi connectivity index (χ0n) is 10.7. The maximum atomic E-state index is 11.8. The molecule has 0 saturated carbocycles. The third-order valence-electron chi connectivity index (χ3n) is 2.81. The van der Waals surface area contributed by atoms with Crippen molar-refractivity contribution in [1.29, 1.82) is 0 Å². The summed E-state index contributed by atoms with van der Waals surface area (Å²) in [6.45, 7) is 4.20. The molecule has 0 aliphatic carbocycles. The highest BCUT2D eigenvalue weighted by atomic mass is 127. The van der Waals surface area contributed by atoms with Crippen molar-refractivity contribution >= 4 is 34.4 Å². The van der Waals surface area contributed by atoms with E-state index in [-0.39, 0.29) is 17.8 Å². The molecule has 2 N–H and O–H groups in total. The standard InChI is InChI=1S/C13H15IN2O3/c1-3-15-12(18)11-7(2)19-13(16-11)9-5-4-8(14)6-10(9)17/h4-7,11,17H,3H2,1-2H3,(H,15,18)/t7-,11-/m1/s1. The molecule has 5 nitrogen and oxygen atoms in total. The number of amides is 1. The van der Waals surface area contributed by atoms with Crippen molar-refractivity contribution in [2.45, 2.75) is 26.0 Å². The van der Waals surface area contributed by atoms with Crippen LogP contribution in [0.4, 0.5) is 0 Å². The summed E-state index contributed by atoms with van der Waals surface area (Å²) in [5.74, 6) is 0.266. The average molecular weight is 374 g/mol. The Morgan fingerprint density at radius 3 is 2.95 bits per heavy atom. The van der Waals surface area contributed by atoms with Crippen LogP contribution in [0.2, 0.25) is 0 Å². The van der Waals surface area contributed by atoms with E-state index in [1.54, 1.807) is 19.1 Å². The molecule has 6 heteroatoms. The second-order valence-electron chi connectivity index (χ2n) is 4.26. The van der Waals surface area contributed by atoms with E-state index in [0.717, 1.165) is 3.57 Å². The van der Waals surface area contributed by atoms with Crippen LogP contribution >= 0.6 is 22.6 Å². The summed E-state index contributed by atoms with van der Waals surface area (Å²) in [7, 11) is 0. The SMILES string of the molecule is CCNC(=O)[C@@H]1N=C(c2ccc(I)cc2O)O[C@@H]1C. The maximum absolute atomic E-state index is 11.8. The minimum absolute atomic E-state index is 0.106. The molecule has 1 amide bonds. The molecule has 0 fully saturated rings. The summed E-state index contributed by atoms with van der Waals surface area (Å²) in [6.07, 6.45) is -0.333. The average Bonchev–Trinajstić information content (AvgIpc) is 2.71. The van der Waals surface area contributed by atoms with E-state index >= 15 is 0 Å². The zero-order valence-corrected chi connectivity index (χ0v) is 12.8. The van der Waals surface area contributed by atoms with Gasteiger partial charge in [0.25, 0.3) is 0 Å². The van der Waals surface area contributed by atoms with Gasteiger partial charge in [-0.15, -0.1) is 0 Å². The molecule has 2 rings (SSSR count). The van der Waals surface area contributed by atoms with E-state index in [1.807, 2.05) is 13.0 Å². The quantitative estimate of drug-likeness (QED) is 0.791. The Bertz CT molecular complexity index is 531. The zero-order chi connectivity index (χ0) is 14.0. The van der Waals surface area contributed by atoms with Gasteiger partial charge in [0.2, 0.25) is 11.8 Å². The number of aromatic hydroxyl groups is 1. The molecule has 1 aliphatic heterocycles. The van der Waals surface area contributed by atoms with Crippen molar-refractivity contribution in [3.8, 4) is 5.75 Å². The third-order valence-corrected chi connectivity index (χ3v) is 3.48. The lowest BCUT2D eigenvalue weighted by atomic mass is 10.2. The Balaban J connectivity index is 2.26. The van der Waals surface area contributed by atoms with Crippen molar-refractivity contribution in [3.63, 3.8) is 0 Å². The van der Waals surface area contributed by atoms with Gasteiger partial charge < -0.3 is 15.2 Å². The van der Waals surface area contributed by atoms with E-state index < -0.39 is 6.04 Å². The normalized spacial score (nSPS) is 21.7. The Labute approximate surface area is 125 Å². The molecule has 1 aromatic carbocycles. The first kappa shape index (κ1) is 14.1. The molecule has 1 aliphatic rings. The Morgan fingerprint density at radius 1 is 1.58 bits per heavy atom. The molecular formula is C13H15IN2O3. The van der Waals surface area contributed by atoms with Crippen LogP contribution in [0.15, 0.2) is 23.2 Å². The molecule has 0 aromatic heterocycles. The molecule has 102 valence electrons. The van der Waals surface area contributed by atoms with Crippen LogP contribution in [0, 0.1) is 3.57 Å². The van der Waals surface area contributed by atoms with E-state index in [9.17, 15) is 9.90 Å². The molecule has 0 saturated heterocycles. The summed E-state index contributed by atoms with van der Waals surface area (Å²) in [6, 6.07) is 4.66. The number of halogens is 1. The van der Waals surface area contributed by atoms with Gasteiger partial charge in [0, 0.05) is 10.1 Å². The molecule has 0 radical (unpaired) electrons. The monoisotopic (exact) mass is 374 g/mol. The molecule has 1 aromatic rings. The van der Waals surface area contributed by atoms with Gasteiger partial charge in [-0.05, 0) is 54.6 Å². The fourth-order valence-electron chi connectivity index (χ4n) is 1.87. The summed E-state index contributed by atoms with van der Waals surface area (Å²) >= 11 is 2.11. The van der Waals surface area contributed by atoms with Crippen molar-refractivity contribution in [3.05, 3.63) is 27.3 Å². The third kappa shape index (κ3) is 2.99. The number of carbonyl (C=O) groups is 1. The van der Waals surface area contributed by atoms with Gasteiger partial charge in [0.1, 0.15) is 11.9 Å². The lowest BCUT2D eigenvalue weighted by Gasteiger charge is -2.12. The largest absolute Gasteiger partial charge is 0.507 e. The number of aliphatic imine (C=N–C) groups is 1. The molecule has 2 atom stereocenters. The van der Waals surface area contributed by atoms with Crippen LogP contribution in [0.5, 0.6) is 5.75 Å². The Kier molecular flexibility index (Phi) is 4.28. The van der Waals surface area contributed by atoms with Crippen LogP contribution < -0.4 is 5.32 Å². The lowest BCUT2D eigenvalue weighted by molar-refractivity contribution is -0.123. The number of likely N-dealkylation sites (N-methyl/N-ethyl adjacent to an activating group) is 1. The van der Waals surface area contributed by atoms with Crippen molar-refractivity contribution in [1.82, 2.24) is 5.32 Å². The smallest absolute Gasteiger partial charge is 0.248 e. The van der Waals surface area contributed by atoms with Crippen LogP contribution in [-0.2, 0) is 9.53 Å². The highest BCUT2D eigenvalue weighted by Crippen LogP contribution is 2.25. The van der Waals surface area contributed by atoms with E-state index in [1.165, 1.54) is 0 Å². The molecule has 19 heavy (non-hydrogen) atoms. The van der Waals surface area contributed by atoms with Gasteiger partial charge in [-0.1, -0.05) is 0 Å². The summed E-state index contributed by atoms with van der Waals surface area (Å²) < 4.78 is 6.50. The molecule has 1 heterocycles. The number of ether oxygens (including phenoxy) is 1. The number of phenols is 1. The molecular weight excluding hydrogens is 359 g/mol. The van der Waals surface area contributed by atoms with Crippen molar-refractivity contribution < 1.29 is 14.6 Å². The second-order valence-corrected chi connectivity index (χ2v) is 5.50. The summed E-state index contributed by atoms with van der Waals surface area (Å²) in [5, 5.41) is 12.6. The summed E-state index contributed by atoms with van der Waals surface area (Å²) in [4.78, 5) is 16.1. The highest BCUT2D eigenvalue weighted by Gasteiger charge is 2.34. The number of nitrogens with one attached hydrogen (secondary N) is 1. The number of rotatable bonds is 3. The summed E-state index contributed by atoms with van der Waals surface area (Å²) in [5.41, 5.74) is 0.513.